The van der Waals surface area contributed by atoms with Crippen molar-refractivity contribution in [2.45, 2.75) is 25.8 Å². The lowest BCUT2D eigenvalue weighted by Crippen LogP contribution is -2.40. The van der Waals surface area contributed by atoms with Gasteiger partial charge in [0.15, 0.2) is 0 Å². The van der Waals surface area contributed by atoms with Crippen LogP contribution in [0.4, 0.5) is 0 Å². The van der Waals surface area contributed by atoms with Gasteiger partial charge in [-0.25, -0.2) is 0 Å². The number of hydrogen-bond acceptors (Lipinski definition) is 3. The van der Waals surface area contributed by atoms with Gasteiger partial charge in [-0.1, -0.05) is 0 Å². The lowest BCUT2D eigenvalue weighted by molar-refractivity contribution is -0.125. The van der Waals surface area contributed by atoms with Crippen LogP contribution in [0.5, 0.6) is 0 Å². The van der Waals surface area contributed by atoms with Gasteiger partial charge in [-0.05, 0) is 31.9 Å². The molecular weight excluding hydrogens is 216 g/mol. The Kier molecular flexibility index (Phi) is 4.55. The average molecular weight is 236 g/mol. The molecule has 1 aromatic heterocycles. The number of hydrogen-bond donors (Lipinski definition) is 2. The van der Waals surface area contributed by atoms with Gasteiger partial charge in [-0.15, -0.1) is 0 Å². The third kappa shape index (κ3) is 3.85. The summed E-state index contributed by atoms with van der Waals surface area (Å²) in [5, 5.41) is 10.4. The summed E-state index contributed by atoms with van der Waals surface area (Å²) >= 11 is 0. The van der Waals surface area contributed by atoms with E-state index in [0.717, 1.165) is 45.4 Å². The first-order chi connectivity index (χ1) is 8.36. The Morgan fingerprint density at radius 3 is 3.24 bits per heavy atom. The van der Waals surface area contributed by atoms with Crippen LogP contribution in [-0.2, 0) is 11.3 Å². The number of aryl methyl sites for hydroxylation is 1. The van der Waals surface area contributed by atoms with E-state index in [2.05, 4.69) is 15.7 Å². The molecule has 94 valence electrons. The monoisotopic (exact) mass is 236 g/mol. The van der Waals surface area contributed by atoms with Crippen LogP contribution >= 0.6 is 0 Å². The first-order valence-corrected chi connectivity index (χ1v) is 6.32. The summed E-state index contributed by atoms with van der Waals surface area (Å²) in [5.41, 5.74) is 0. The maximum atomic E-state index is 11.8. The van der Waals surface area contributed by atoms with Crippen molar-refractivity contribution >= 4 is 5.91 Å². The zero-order valence-electron chi connectivity index (χ0n) is 10.1. The lowest BCUT2D eigenvalue weighted by atomic mass is 9.99. The number of piperidine rings is 1. The number of nitrogens with one attached hydrogen (secondary N) is 2. The van der Waals surface area contributed by atoms with E-state index in [4.69, 9.17) is 0 Å². The molecule has 17 heavy (non-hydrogen) atoms. The molecule has 0 radical (unpaired) electrons. The van der Waals surface area contributed by atoms with Gasteiger partial charge in [0, 0.05) is 32.0 Å². The second-order valence-corrected chi connectivity index (χ2v) is 4.46. The Balaban J connectivity index is 1.59. The summed E-state index contributed by atoms with van der Waals surface area (Å²) in [7, 11) is 0. The molecule has 1 fully saturated rings. The largest absolute Gasteiger partial charge is 0.356 e. The minimum Gasteiger partial charge on any atom is -0.356 e. The van der Waals surface area contributed by atoms with Gasteiger partial charge in [-0.2, -0.15) is 5.10 Å². The quantitative estimate of drug-likeness (QED) is 0.727. The summed E-state index contributed by atoms with van der Waals surface area (Å²) in [6, 6.07) is 1.91. The second-order valence-electron chi connectivity index (χ2n) is 4.46. The van der Waals surface area contributed by atoms with Crippen LogP contribution in [0.15, 0.2) is 18.5 Å². The van der Waals surface area contributed by atoms with Crippen molar-refractivity contribution in [2.75, 3.05) is 19.6 Å². The van der Waals surface area contributed by atoms with Gasteiger partial charge in [-0.3, -0.25) is 9.48 Å². The van der Waals surface area contributed by atoms with E-state index in [-0.39, 0.29) is 11.8 Å². The normalized spacial score (nSPS) is 20.1. The predicted molar refractivity (Wildman–Crippen MR) is 65.4 cm³/mol. The Hall–Kier alpha value is -1.36. The molecule has 1 aliphatic heterocycles. The third-order valence-corrected chi connectivity index (χ3v) is 3.09. The molecule has 5 heteroatoms. The van der Waals surface area contributed by atoms with Crippen molar-refractivity contribution in [2.24, 2.45) is 5.92 Å². The standard InChI is InChI=1S/C12H20N4O/c17-12(11-4-1-5-13-10-11)14-6-2-8-16-9-3-7-15-16/h3,7,9,11,13H,1-2,4-6,8,10H2,(H,14,17)/t11-/m0/s1. The molecule has 1 amide bonds. The maximum Gasteiger partial charge on any atom is 0.224 e. The zero-order valence-corrected chi connectivity index (χ0v) is 10.1. The van der Waals surface area contributed by atoms with Crippen molar-refractivity contribution in [3.63, 3.8) is 0 Å². The molecule has 5 nitrogen and oxygen atoms in total. The van der Waals surface area contributed by atoms with Crippen LogP contribution in [-0.4, -0.2) is 35.3 Å². The first-order valence-electron chi connectivity index (χ1n) is 6.32. The van der Waals surface area contributed by atoms with E-state index >= 15 is 0 Å². The predicted octanol–water partition coefficient (Wildman–Crippen LogP) is 0.389. The van der Waals surface area contributed by atoms with Gasteiger partial charge in [0.2, 0.25) is 5.91 Å². The number of nitrogens with zero attached hydrogens (tertiary/aromatic N) is 2. The average Bonchev–Trinajstić information content (AvgIpc) is 2.88. The zero-order chi connectivity index (χ0) is 11.9. The van der Waals surface area contributed by atoms with E-state index in [0.29, 0.717) is 0 Å². The van der Waals surface area contributed by atoms with Gasteiger partial charge >= 0.3 is 0 Å². The summed E-state index contributed by atoms with van der Waals surface area (Å²) in [5.74, 6) is 0.353. The SMILES string of the molecule is O=C(NCCCn1cccn1)[C@H]1CCCNC1. The molecule has 2 heterocycles. The topological polar surface area (TPSA) is 59.0 Å². The van der Waals surface area contributed by atoms with Gasteiger partial charge in [0.05, 0.1) is 5.92 Å². The highest BCUT2D eigenvalue weighted by Gasteiger charge is 2.19. The van der Waals surface area contributed by atoms with Crippen LogP contribution in [0.1, 0.15) is 19.3 Å². The Bertz CT molecular complexity index is 330. The van der Waals surface area contributed by atoms with Gasteiger partial charge in [0.1, 0.15) is 0 Å². The van der Waals surface area contributed by atoms with Crippen LogP contribution in [0.3, 0.4) is 0 Å². The summed E-state index contributed by atoms with van der Waals surface area (Å²) in [6.45, 7) is 3.46. The molecule has 1 saturated heterocycles. The molecule has 0 spiro atoms. The summed E-state index contributed by atoms with van der Waals surface area (Å²) in [6.07, 6.45) is 6.75. The van der Waals surface area contributed by atoms with Gasteiger partial charge in [0.25, 0.3) is 0 Å². The molecule has 0 saturated carbocycles. The van der Waals surface area contributed by atoms with E-state index in [1.54, 1.807) is 6.20 Å². The fourth-order valence-corrected chi connectivity index (χ4v) is 2.11. The molecule has 2 N–H and O–H groups in total. The molecule has 1 aromatic rings. The fourth-order valence-electron chi connectivity index (χ4n) is 2.11. The number of amides is 1. The van der Waals surface area contributed by atoms with E-state index < -0.39 is 0 Å². The molecular formula is C12H20N4O. The third-order valence-electron chi connectivity index (χ3n) is 3.09. The molecule has 0 bridgehead atoms. The Labute approximate surface area is 102 Å². The van der Waals surface area contributed by atoms with E-state index in [9.17, 15) is 4.79 Å². The lowest BCUT2D eigenvalue weighted by Gasteiger charge is -2.21. The number of aromatic nitrogens is 2. The molecule has 1 aliphatic rings. The van der Waals surface area contributed by atoms with Crippen LogP contribution in [0, 0.1) is 5.92 Å². The van der Waals surface area contributed by atoms with Crippen molar-refractivity contribution in [3.8, 4) is 0 Å². The molecule has 0 aromatic carbocycles. The summed E-state index contributed by atoms with van der Waals surface area (Å²) < 4.78 is 1.88. The highest BCUT2D eigenvalue weighted by molar-refractivity contribution is 5.78. The minimum atomic E-state index is 0.161. The summed E-state index contributed by atoms with van der Waals surface area (Å²) in [4.78, 5) is 11.8. The van der Waals surface area contributed by atoms with E-state index in [1.807, 2.05) is 16.9 Å². The van der Waals surface area contributed by atoms with Crippen molar-refractivity contribution in [3.05, 3.63) is 18.5 Å². The Morgan fingerprint density at radius 2 is 2.53 bits per heavy atom. The smallest absolute Gasteiger partial charge is 0.224 e. The molecule has 0 unspecified atom stereocenters. The number of carbonyl (C=O) groups is 1. The Morgan fingerprint density at radius 1 is 1.59 bits per heavy atom. The maximum absolute atomic E-state index is 11.8. The van der Waals surface area contributed by atoms with Crippen LogP contribution in [0.25, 0.3) is 0 Å². The highest BCUT2D eigenvalue weighted by Crippen LogP contribution is 2.09. The van der Waals surface area contributed by atoms with Crippen molar-refractivity contribution in [1.82, 2.24) is 20.4 Å². The van der Waals surface area contributed by atoms with E-state index in [1.165, 1.54) is 0 Å². The number of rotatable bonds is 5. The van der Waals surface area contributed by atoms with Crippen LogP contribution < -0.4 is 10.6 Å². The molecule has 0 aliphatic carbocycles. The van der Waals surface area contributed by atoms with Crippen molar-refractivity contribution in [1.29, 1.82) is 0 Å². The first kappa shape index (κ1) is 12.1. The fraction of sp³-hybridized carbons (Fsp3) is 0.667. The second kappa shape index (κ2) is 6.39. The highest BCUT2D eigenvalue weighted by atomic mass is 16.1. The van der Waals surface area contributed by atoms with Crippen molar-refractivity contribution < 1.29 is 4.79 Å². The molecule has 2 rings (SSSR count). The van der Waals surface area contributed by atoms with Crippen LogP contribution in [0.2, 0.25) is 0 Å². The molecule has 1 atom stereocenters. The number of carbonyl (C=O) groups excluding carboxylic acids is 1. The van der Waals surface area contributed by atoms with Gasteiger partial charge < -0.3 is 10.6 Å². The minimum absolute atomic E-state index is 0.161.